The maximum atomic E-state index is 5.44. The van der Waals surface area contributed by atoms with E-state index >= 15 is 0 Å². The van der Waals surface area contributed by atoms with Gasteiger partial charge in [-0.05, 0) is 44.5 Å². The number of furan rings is 1. The Labute approximate surface area is 147 Å². The third-order valence-corrected chi connectivity index (χ3v) is 5.18. The minimum atomic E-state index is 0.530. The molecule has 136 valence electrons. The van der Waals surface area contributed by atoms with Gasteiger partial charge in [-0.1, -0.05) is 11.6 Å². The van der Waals surface area contributed by atoms with Gasteiger partial charge in [0.25, 0.3) is 0 Å². The van der Waals surface area contributed by atoms with Gasteiger partial charge >= 0.3 is 0 Å². The quantitative estimate of drug-likeness (QED) is 0.795. The van der Waals surface area contributed by atoms with Crippen LogP contribution in [0, 0.1) is 0 Å². The minimum Gasteiger partial charge on any atom is -0.461 e. The third kappa shape index (κ3) is 4.29. The molecule has 0 spiro atoms. The van der Waals surface area contributed by atoms with Gasteiger partial charge in [0.2, 0.25) is 11.7 Å². The Morgan fingerprint density at radius 1 is 1.16 bits per heavy atom. The van der Waals surface area contributed by atoms with Gasteiger partial charge in [0, 0.05) is 19.1 Å². The van der Waals surface area contributed by atoms with Crippen molar-refractivity contribution in [1.82, 2.24) is 19.9 Å². The van der Waals surface area contributed by atoms with Gasteiger partial charge in [-0.15, -0.1) is 0 Å². The van der Waals surface area contributed by atoms with Crippen molar-refractivity contribution in [3.05, 3.63) is 24.3 Å². The number of ether oxygens (including phenoxy) is 1. The number of hydrogen-bond donors (Lipinski definition) is 0. The van der Waals surface area contributed by atoms with Gasteiger partial charge in [0.15, 0.2) is 5.76 Å². The van der Waals surface area contributed by atoms with Crippen molar-refractivity contribution in [3.8, 4) is 11.6 Å². The molecule has 2 saturated heterocycles. The first-order chi connectivity index (χ1) is 12.4. The maximum absolute atomic E-state index is 5.44. The van der Waals surface area contributed by atoms with Crippen LogP contribution in [0.15, 0.2) is 27.3 Å². The Bertz CT molecular complexity index is 637. The third-order valence-electron chi connectivity index (χ3n) is 5.18. The predicted octanol–water partition coefficient (Wildman–Crippen LogP) is 2.41. The summed E-state index contributed by atoms with van der Waals surface area (Å²) in [4.78, 5) is 9.51. The van der Waals surface area contributed by atoms with Crippen LogP contribution < -0.4 is 0 Å². The van der Waals surface area contributed by atoms with Crippen molar-refractivity contribution in [2.45, 2.75) is 38.3 Å². The monoisotopic (exact) mass is 346 g/mol. The fraction of sp³-hybridized carbons (Fsp3) is 0.667. The summed E-state index contributed by atoms with van der Waals surface area (Å²) in [5.41, 5.74) is 0. The summed E-state index contributed by atoms with van der Waals surface area (Å²) in [6.07, 6.45) is 6.62. The van der Waals surface area contributed by atoms with Crippen LogP contribution in [0.5, 0.6) is 0 Å². The fourth-order valence-electron chi connectivity index (χ4n) is 3.75. The second-order valence-corrected chi connectivity index (χ2v) is 6.85. The van der Waals surface area contributed by atoms with Crippen LogP contribution in [0.3, 0.4) is 0 Å². The SMILES string of the molecule is c1coc(-c2noc(CN3CCCC[C@H]3CCN3CCOCC3)n2)c1. The van der Waals surface area contributed by atoms with E-state index in [9.17, 15) is 0 Å². The normalized spacial score (nSPS) is 23.1. The highest BCUT2D eigenvalue weighted by atomic mass is 16.5. The molecule has 0 bridgehead atoms. The molecule has 1 atom stereocenters. The van der Waals surface area contributed by atoms with Gasteiger partial charge < -0.3 is 13.7 Å². The van der Waals surface area contributed by atoms with Crippen molar-refractivity contribution in [2.24, 2.45) is 0 Å². The lowest BCUT2D eigenvalue weighted by molar-refractivity contribution is 0.0294. The average molecular weight is 346 g/mol. The van der Waals surface area contributed by atoms with E-state index in [-0.39, 0.29) is 0 Å². The Morgan fingerprint density at radius 3 is 2.92 bits per heavy atom. The highest BCUT2D eigenvalue weighted by Crippen LogP contribution is 2.23. The first-order valence-electron chi connectivity index (χ1n) is 9.29. The maximum Gasteiger partial charge on any atom is 0.241 e. The lowest BCUT2D eigenvalue weighted by atomic mass is 9.99. The highest BCUT2D eigenvalue weighted by molar-refractivity contribution is 5.44. The van der Waals surface area contributed by atoms with E-state index in [1.54, 1.807) is 6.26 Å². The number of aromatic nitrogens is 2. The average Bonchev–Trinajstić information content (AvgIpc) is 3.33. The molecule has 2 aliphatic rings. The lowest BCUT2D eigenvalue weighted by Crippen LogP contribution is -2.43. The number of piperidine rings is 1. The van der Waals surface area contributed by atoms with Crippen LogP contribution in [-0.4, -0.2) is 65.4 Å². The van der Waals surface area contributed by atoms with E-state index in [0.29, 0.717) is 23.5 Å². The molecule has 25 heavy (non-hydrogen) atoms. The molecular formula is C18H26N4O3. The molecular weight excluding hydrogens is 320 g/mol. The zero-order valence-corrected chi connectivity index (χ0v) is 14.6. The molecule has 7 heteroatoms. The van der Waals surface area contributed by atoms with Gasteiger partial charge in [0.1, 0.15) is 0 Å². The molecule has 0 aromatic carbocycles. The molecule has 0 aliphatic carbocycles. The van der Waals surface area contributed by atoms with Crippen LogP contribution in [0.1, 0.15) is 31.6 Å². The van der Waals surface area contributed by atoms with Crippen LogP contribution in [0.4, 0.5) is 0 Å². The van der Waals surface area contributed by atoms with Crippen LogP contribution in [-0.2, 0) is 11.3 Å². The van der Waals surface area contributed by atoms with Gasteiger partial charge in [-0.3, -0.25) is 9.80 Å². The predicted molar refractivity (Wildman–Crippen MR) is 91.9 cm³/mol. The summed E-state index contributed by atoms with van der Waals surface area (Å²) in [6.45, 7) is 6.82. The first kappa shape index (κ1) is 16.8. The number of morpholine rings is 1. The smallest absolute Gasteiger partial charge is 0.241 e. The van der Waals surface area contributed by atoms with Gasteiger partial charge in [-0.25, -0.2) is 0 Å². The molecule has 7 nitrogen and oxygen atoms in total. The number of rotatable bonds is 6. The fourth-order valence-corrected chi connectivity index (χ4v) is 3.75. The zero-order chi connectivity index (χ0) is 16.9. The number of hydrogen-bond acceptors (Lipinski definition) is 7. The molecule has 0 amide bonds. The zero-order valence-electron chi connectivity index (χ0n) is 14.6. The highest BCUT2D eigenvalue weighted by Gasteiger charge is 2.25. The topological polar surface area (TPSA) is 67.8 Å². The van der Waals surface area contributed by atoms with Crippen molar-refractivity contribution in [2.75, 3.05) is 39.4 Å². The van der Waals surface area contributed by atoms with E-state index in [0.717, 1.165) is 45.9 Å². The summed E-state index contributed by atoms with van der Waals surface area (Å²) in [7, 11) is 0. The summed E-state index contributed by atoms with van der Waals surface area (Å²) in [5.74, 6) is 1.85. The second kappa shape index (κ2) is 8.12. The van der Waals surface area contributed by atoms with Gasteiger partial charge in [-0.2, -0.15) is 4.98 Å². The van der Waals surface area contributed by atoms with E-state index in [4.69, 9.17) is 13.7 Å². The summed E-state index contributed by atoms with van der Waals surface area (Å²) >= 11 is 0. The van der Waals surface area contributed by atoms with Crippen molar-refractivity contribution < 1.29 is 13.7 Å². The van der Waals surface area contributed by atoms with E-state index in [2.05, 4.69) is 19.9 Å². The molecule has 4 heterocycles. The molecule has 0 radical (unpaired) electrons. The van der Waals surface area contributed by atoms with E-state index in [1.807, 2.05) is 12.1 Å². The Kier molecular flexibility index (Phi) is 5.44. The Morgan fingerprint density at radius 2 is 2.08 bits per heavy atom. The summed E-state index contributed by atoms with van der Waals surface area (Å²) in [6, 6.07) is 4.27. The van der Waals surface area contributed by atoms with Gasteiger partial charge in [0.05, 0.1) is 26.0 Å². The number of nitrogens with zero attached hydrogens (tertiary/aromatic N) is 4. The number of likely N-dealkylation sites (tertiary alicyclic amines) is 1. The molecule has 4 rings (SSSR count). The Hall–Kier alpha value is -1.70. The van der Waals surface area contributed by atoms with Crippen molar-refractivity contribution in [1.29, 1.82) is 0 Å². The van der Waals surface area contributed by atoms with Crippen LogP contribution in [0.2, 0.25) is 0 Å². The van der Waals surface area contributed by atoms with E-state index in [1.165, 1.54) is 25.7 Å². The molecule has 2 aromatic heterocycles. The first-order valence-corrected chi connectivity index (χ1v) is 9.29. The Balaban J connectivity index is 1.34. The molecule has 0 unspecified atom stereocenters. The summed E-state index contributed by atoms with van der Waals surface area (Å²) < 4.78 is 16.2. The molecule has 2 aromatic rings. The molecule has 0 N–H and O–H groups in total. The standard InChI is InChI=1S/C18H26N4O3/c1-2-7-22(15(4-1)6-8-21-9-12-23-13-10-21)14-17-19-18(20-25-17)16-5-3-11-24-16/h3,5,11,15H,1-2,4,6-10,12-14H2/t15-/m0/s1. The van der Waals surface area contributed by atoms with Crippen LogP contribution in [0.25, 0.3) is 11.6 Å². The summed E-state index contributed by atoms with van der Waals surface area (Å²) in [5, 5.41) is 4.04. The molecule has 2 fully saturated rings. The lowest BCUT2D eigenvalue weighted by Gasteiger charge is -2.36. The van der Waals surface area contributed by atoms with Crippen molar-refractivity contribution >= 4 is 0 Å². The minimum absolute atomic E-state index is 0.530. The van der Waals surface area contributed by atoms with Crippen molar-refractivity contribution in [3.63, 3.8) is 0 Å². The molecule has 0 saturated carbocycles. The second-order valence-electron chi connectivity index (χ2n) is 6.85. The largest absolute Gasteiger partial charge is 0.461 e. The van der Waals surface area contributed by atoms with Crippen LogP contribution >= 0.6 is 0 Å². The van der Waals surface area contributed by atoms with E-state index < -0.39 is 0 Å². The molecule has 2 aliphatic heterocycles.